The van der Waals surface area contributed by atoms with E-state index in [4.69, 9.17) is 5.84 Å². The fourth-order valence-corrected chi connectivity index (χ4v) is 2.51. The maximum atomic E-state index is 5.76. The maximum absolute atomic E-state index is 5.76. The summed E-state index contributed by atoms with van der Waals surface area (Å²) in [5.41, 5.74) is 1.22. The first-order chi connectivity index (χ1) is 7.66. The first kappa shape index (κ1) is 11.5. The van der Waals surface area contributed by atoms with Crippen LogP contribution in [-0.2, 0) is 5.75 Å². The number of rotatable bonds is 3. The summed E-state index contributed by atoms with van der Waals surface area (Å²) < 4.78 is 2.58. The molecule has 0 amide bonds. The molecule has 0 aliphatic carbocycles. The number of hydrogen-bond acceptors (Lipinski definition) is 4. The number of halogens is 1. The molecule has 16 heavy (non-hydrogen) atoms. The van der Waals surface area contributed by atoms with Crippen LogP contribution in [0.15, 0.2) is 33.9 Å². The van der Waals surface area contributed by atoms with Crippen LogP contribution in [0.1, 0.15) is 11.4 Å². The molecule has 0 bridgehead atoms. The summed E-state index contributed by atoms with van der Waals surface area (Å²) >= 11 is 5.01. The molecule has 1 aromatic heterocycles. The van der Waals surface area contributed by atoms with Gasteiger partial charge < -0.3 is 5.84 Å². The van der Waals surface area contributed by atoms with Crippen molar-refractivity contribution >= 4 is 27.7 Å². The van der Waals surface area contributed by atoms with Gasteiger partial charge >= 0.3 is 0 Å². The predicted octanol–water partition coefficient (Wildman–Crippen LogP) is 2.36. The molecular weight excluding hydrogens is 288 g/mol. The highest BCUT2D eigenvalue weighted by atomic mass is 79.9. The number of aryl methyl sites for hydroxylation is 1. The van der Waals surface area contributed by atoms with Crippen LogP contribution in [0.2, 0.25) is 0 Å². The summed E-state index contributed by atoms with van der Waals surface area (Å²) in [6.45, 7) is 1.83. The summed E-state index contributed by atoms with van der Waals surface area (Å²) in [6.07, 6.45) is 0. The van der Waals surface area contributed by atoms with E-state index in [0.29, 0.717) is 0 Å². The number of aromatic nitrogens is 3. The average molecular weight is 299 g/mol. The first-order valence-corrected chi connectivity index (χ1v) is 6.49. The molecule has 0 atom stereocenters. The molecule has 2 rings (SSSR count). The van der Waals surface area contributed by atoms with Gasteiger partial charge in [-0.2, -0.15) is 0 Å². The largest absolute Gasteiger partial charge is 0.336 e. The van der Waals surface area contributed by atoms with E-state index in [1.54, 1.807) is 11.8 Å². The lowest BCUT2D eigenvalue weighted by Crippen LogP contribution is -2.11. The van der Waals surface area contributed by atoms with E-state index in [-0.39, 0.29) is 0 Å². The quantitative estimate of drug-likeness (QED) is 0.698. The highest BCUT2D eigenvalue weighted by molar-refractivity contribution is 9.10. The van der Waals surface area contributed by atoms with E-state index in [9.17, 15) is 0 Å². The molecule has 1 heterocycles. The number of benzene rings is 1. The smallest absolute Gasteiger partial charge is 0.210 e. The highest BCUT2D eigenvalue weighted by Crippen LogP contribution is 2.22. The predicted molar refractivity (Wildman–Crippen MR) is 68.6 cm³/mol. The van der Waals surface area contributed by atoms with Crippen molar-refractivity contribution in [2.24, 2.45) is 0 Å². The summed E-state index contributed by atoms with van der Waals surface area (Å²) in [5.74, 6) is 7.31. The fourth-order valence-electron chi connectivity index (χ4n) is 1.22. The Balaban J connectivity index is 2.05. The lowest BCUT2D eigenvalue weighted by molar-refractivity contribution is 0.825. The van der Waals surface area contributed by atoms with E-state index < -0.39 is 0 Å². The number of hydrogen-bond donors (Lipinski definition) is 1. The SMILES string of the molecule is Cc1nnc(SCc2cccc(Br)c2)n1N. The molecule has 0 aliphatic heterocycles. The third-order valence-electron chi connectivity index (χ3n) is 2.09. The Morgan fingerprint density at radius 2 is 2.25 bits per heavy atom. The van der Waals surface area contributed by atoms with E-state index >= 15 is 0 Å². The molecule has 0 radical (unpaired) electrons. The van der Waals surface area contributed by atoms with Crippen LogP contribution < -0.4 is 5.84 Å². The molecule has 0 saturated heterocycles. The van der Waals surface area contributed by atoms with Gasteiger partial charge in [-0.25, -0.2) is 4.68 Å². The van der Waals surface area contributed by atoms with Crippen LogP contribution in [0, 0.1) is 6.92 Å². The summed E-state index contributed by atoms with van der Waals surface area (Å²) in [7, 11) is 0. The standard InChI is InChI=1S/C10H11BrN4S/c1-7-13-14-10(15(7)12)16-6-8-3-2-4-9(11)5-8/h2-5H,6,12H2,1H3. The zero-order valence-electron chi connectivity index (χ0n) is 8.72. The molecule has 4 nitrogen and oxygen atoms in total. The van der Waals surface area contributed by atoms with Gasteiger partial charge in [0.15, 0.2) is 0 Å². The summed E-state index contributed by atoms with van der Waals surface area (Å²) in [5, 5.41) is 8.63. The summed E-state index contributed by atoms with van der Waals surface area (Å²) in [4.78, 5) is 0. The van der Waals surface area contributed by atoms with Gasteiger partial charge in [0.25, 0.3) is 0 Å². The number of thioether (sulfide) groups is 1. The maximum Gasteiger partial charge on any atom is 0.210 e. The molecule has 1 aromatic carbocycles. The van der Waals surface area contributed by atoms with Gasteiger partial charge in [-0.3, -0.25) is 0 Å². The Bertz CT molecular complexity index is 497. The van der Waals surface area contributed by atoms with Gasteiger partial charge in [-0.05, 0) is 24.6 Å². The second-order valence-corrected chi connectivity index (χ2v) is 5.18. The molecule has 0 unspecified atom stereocenters. The Morgan fingerprint density at radius 1 is 1.44 bits per heavy atom. The molecule has 2 aromatic rings. The highest BCUT2D eigenvalue weighted by Gasteiger charge is 2.06. The monoisotopic (exact) mass is 298 g/mol. The van der Waals surface area contributed by atoms with Crippen LogP contribution in [0.5, 0.6) is 0 Å². The minimum Gasteiger partial charge on any atom is -0.336 e. The van der Waals surface area contributed by atoms with Crippen LogP contribution in [0.4, 0.5) is 0 Å². The lowest BCUT2D eigenvalue weighted by atomic mass is 10.2. The van der Waals surface area contributed by atoms with Gasteiger partial charge in [0.05, 0.1) is 0 Å². The van der Waals surface area contributed by atoms with Crippen molar-refractivity contribution in [3.8, 4) is 0 Å². The van der Waals surface area contributed by atoms with E-state index in [2.05, 4.69) is 38.3 Å². The van der Waals surface area contributed by atoms with Crippen LogP contribution in [-0.4, -0.2) is 14.9 Å². The molecule has 6 heteroatoms. The first-order valence-electron chi connectivity index (χ1n) is 4.71. The molecule has 0 spiro atoms. The molecule has 84 valence electrons. The zero-order valence-corrected chi connectivity index (χ0v) is 11.1. The number of nitrogen functional groups attached to an aromatic ring is 1. The zero-order chi connectivity index (χ0) is 11.5. The minimum atomic E-state index is 0.719. The van der Waals surface area contributed by atoms with Crippen molar-refractivity contribution in [2.45, 2.75) is 17.8 Å². The molecule has 0 aliphatic rings. The van der Waals surface area contributed by atoms with E-state index in [1.807, 2.05) is 19.1 Å². The van der Waals surface area contributed by atoms with Crippen molar-refractivity contribution in [3.05, 3.63) is 40.1 Å². The number of nitrogens with zero attached hydrogens (tertiary/aromatic N) is 3. The Kier molecular flexibility index (Phi) is 3.50. The molecule has 2 N–H and O–H groups in total. The third-order valence-corrected chi connectivity index (χ3v) is 3.60. The van der Waals surface area contributed by atoms with Crippen molar-refractivity contribution in [1.29, 1.82) is 0 Å². The van der Waals surface area contributed by atoms with Gasteiger partial charge in [0.1, 0.15) is 5.82 Å². The fraction of sp³-hybridized carbons (Fsp3) is 0.200. The third kappa shape index (κ3) is 2.56. The molecule has 0 fully saturated rings. The van der Waals surface area contributed by atoms with Crippen molar-refractivity contribution in [3.63, 3.8) is 0 Å². The minimum absolute atomic E-state index is 0.719. The Labute approximate surface area is 106 Å². The van der Waals surface area contributed by atoms with Crippen molar-refractivity contribution < 1.29 is 0 Å². The average Bonchev–Trinajstić information content (AvgIpc) is 2.57. The van der Waals surface area contributed by atoms with Crippen LogP contribution in [0.3, 0.4) is 0 Å². The van der Waals surface area contributed by atoms with Crippen molar-refractivity contribution in [1.82, 2.24) is 14.9 Å². The topological polar surface area (TPSA) is 56.7 Å². The van der Waals surface area contributed by atoms with Gasteiger partial charge in [-0.1, -0.05) is 39.8 Å². The second kappa shape index (κ2) is 4.88. The van der Waals surface area contributed by atoms with Gasteiger partial charge in [0.2, 0.25) is 5.16 Å². The van der Waals surface area contributed by atoms with E-state index in [0.717, 1.165) is 21.2 Å². The summed E-state index contributed by atoms with van der Waals surface area (Å²) in [6, 6.07) is 8.17. The lowest BCUT2D eigenvalue weighted by Gasteiger charge is -2.02. The molecule has 0 saturated carbocycles. The number of nitrogens with two attached hydrogens (primary N) is 1. The van der Waals surface area contributed by atoms with Gasteiger partial charge in [0, 0.05) is 10.2 Å². The second-order valence-electron chi connectivity index (χ2n) is 3.32. The molecular formula is C10H11BrN4S. The Hall–Kier alpha value is -1.01. The Morgan fingerprint density at radius 3 is 2.88 bits per heavy atom. The van der Waals surface area contributed by atoms with Crippen LogP contribution >= 0.6 is 27.7 Å². The van der Waals surface area contributed by atoms with Crippen LogP contribution in [0.25, 0.3) is 0 Å². The van der Waals surface area contributed by atoms with E-state index in [1.165, 1.54) is 10.2 Å². The van der Waals surface area contributed by atoms with Gasteiger partial charge in [-0.15, -0.1) is 10.2 Å². The van der Waals surface area contributed by atoms with Crippen molar-refractivity contribution in [2.75, 3.05) is 5.84 Å². The normalized spacial score (nSPS) is 10.6.